The van der Waals surface area contributed by atoms with Crippen molar-refractivity contribution in [3.05, 3.63) is 64.8 Å². The fraction of sp³-hybridized carbons (Fsp3) is 0.200. The molecule has 2 heterocycles. The molecule has 3 aromatic rings. The zero-order valence-electron chi connectivity index (χ0n) is 14.9. The fourth-order valence-electron chi connectivity index (χ4n) is 2.65. The molecule has 2 aromatic heterocycles. The minimum Gasteiger partial charge on any atom is -0.452 e. The summed E-state index contributed by atoms with van der Waals surface area (Å²) in [7, 11) is 0. The maximum Gasteiger partial charge on any atom is 0.331 e. The number of carbonyl (C=O) groups excluding carboxylic acids is 2. The number of aromatic nitrogens is 3. The average Bonchev–Trinajstić information content (AvgIpc) is 3.27. The number of carbonyl (C=O) groups is 2. The second-order valence-electron chi connectivity index (χ2n) is 6.34. The molecule has 7 nitrogen and oxygen atoms in total. The topological polar surface area (TPSA) is 86.1 Å². The Morgan fingerprint density at radius 2 is 2.11 bits per heavy atom. The van der Waals surface area contributed by atoms with E-state index in [1.807, 2.05) is 41.8 Å². The average molecular weight is 394 g/mol. The van der Waals surface area contributed by atoms with Gasteiger partial charge in [0.1, 0.15) is 10.8 Å². The lowest BCUT2D eigenvalue weighted by Crippen LogP contribution is -2.21. The highest BCUT2D eigenvalue weighted by atomic mass is 32.1. The van der Waals surface area contributed by atoms with Crippen LogP contribution in [-0.2, 0) is 14.3 Å². The van der Waals surface area contributed by atoms with Gasteiger partial charge in [0.25, 0.3) is 5.91 Å². The first-order valence-electron chi connectivity index (χ1n) is 8.88. The molecule has 28 heavy (non-hydrogen) atoms. The van der Waals surface area contributed by atoms with Crippen molar-refractivity contribution in [2.24, 2.45) is 0 Å². The Bertz CT molecular complexity index is 992. The lowest BCUT2D eigenvalue weighted by molar-refractivity contribution is -0.142. The minimum absolute atomic E-state index is 0.375. The number of nitrogens with zero attached hydrogens (tertiary/aromatic N) is 3. The van der Waals surface area contributed by atoms with Crippen LogP contribution in [0.2, 0.25) is 0 Å². The molecule has 1 fully saturated rings. The lowest BCUT2D eigenvalue weighted by Gasteiger charge is -2.08. The predicted molar refractivity (Wildman–Crippen MR) is 106 cm³/mol. The molecule has 1 aromatic carbocycles. The van der Waals surface area contributed by atoms with Crippen LogP contribution in [-0.4, -0.2) is 33.2 Å². The van der Waals surface area contributed by atoms with E-state index in [4.69, 9.17) is 4.74 Å². The van der Waals surface area contributed by atoms with Gasteiger partial charge in [0.05, 0.1) is 11.4 Å². The SMILES string of the molecule is O=C(COC(=O)C=Cc1nccs1)Nc1cc(C2CC2)nn1-c1ccccc1. The number of hydrogen-bond acceptors (Lipinski definition) is 6. The van der Waals surface area contributed by atoms with E-state index in [1.165, 1.54) is 17.4 Å². The first-order chi connectivity index (χ1) is 13.7. The Morgan fingerprint density at radius 3 is 2.82 bits per heavy atom. The van der Waals surface area contributed by atoms with E-state index < -0.39 is 11.9 Å². The van der Waals surface area contributed by atoms with Crippen LogP contribution in [0.4, 0.5) is 5.82 Å². The van der Waals surface area contributed by atoms with E-state index in [-0.39, 0.29) is 6.61 Å². The van der Waals surface area contributed by atoms with E-state index in [9.17, 15) is 9.59 Å². The van der Waals surface area contributed by atoms with Crippen molar-refractivity contribution in [2.45, 2.75) is 18.8 Å². The molecule has 0 unspecified atom stereocenters. The highest BCUT2D eigenvalue weighted by Gasteiger charge is 2.28. The van der Waals surface area contributed by atoms with Gasteiger partial charge in [-0.15, -0.1) is 11.3 Å². The van der Waals surface area contributed by atoms with Crippen molar-refractivity contribution in [2.75, 3.05) is 11.9 Å². The summed E-state index contributed by atoms with van der Waals surface area (Å²) in [6.07, 6.45) is 6.68. The Kier molecular flexibility index (Phi) is 5.29. The number of thiazole rings is 1. The highest BCUT2D eigenvalue weighted by Crippen LogP contribution is 2.40. The second kappa shape index (κ2) is 8.18. The van der Waals surface area contributed by atoms with Gasteiger partial charge in [-0.25, -0.2) is 14.5 Å². The molecule has 0 bridgehead atoms. The van der Waals surface area contributed by atoms with E-state index in [1.54, 1.807) is 17.0 Å². The monoisotopic (exact) mass is 394 g/mol. The van der Waals surface area contributed by atoms with E-state index >= 15 is 0 Å². The number of esters is 1. The Balaban J connectivity index is 1.39. The third-order valence-electron chi connectivity index (χ3n) is 4.15. The zero-order valence-corrected chi connectivity index (χ0v) is 15.8. The number of anilines is 1. The summed E-state index contributed by atoms with van der Waals surface area (Å²) in [6.45, 7) is -0.375. The molecule has 142 valence electrons. The Morgan fingerprint density at radius 1 is 1.29 bits per heavy atom. The number of ether oxygens (including phenoxy) is 1. The van der Waals surface area contributed by atoms with Gasteiger partial charge in [-0.1, -0.05) is 18.2 Å². The minimum atomic E-state index is -0.597. The number of hydrogen-bond donors (Lipinski definition) is 1. The van der Waals surface area contributed by atoms with Crippen LogP contribution < -0.4 is 5.32 Å². The van der Waals surface area contributed by atoms with Gasteiger partial charge >= 0.3 is 5.97 Å². The van der Waals surface area contributed by atoms with Gasteiger partial charge in [-0.2, -0.15) is 5.10 Å². The van der Waals surface area contributed by atoms with Crippen LogP contribution in [0.25, 0.3) is 11.8 Å². The molecular weight excluding hydrogens is 376 g/mol. The van der Waals surface area contributed by atoms with E-state index in [0.29, 0.717) is 16.7 Å². The summed E-state index contributed by atoms with van der Waals surface area (Å²) in [4.78, 5) is 28.1. The largest absolute Gasteiger partial charge is 0.452 e. The Labute approximate surface area is 165 Å². The normalized spacial score (nSPS) is 13.6. The van der Waals surface area contributed by atoms with Crippen molar-refractivity contribution in [1.29, 1.82) is 0 Å². The molecule has 1 saturated carbocycles. The summed E-state index contributed by atoms with van der Waals surface area (Å²) >= 11 is 1.41. The molecule has 1 amide bonds. The highest BCUT2D eigenvalue weighted by molar-refractivity contribution is 7.10. The summed E-state index contributed by atoms with van der Waals surface area (Å²) in [6, 6.07) is 11.5. The summed E-state index contributed by atoms with van der Waals surface area (Å²) < 4.78 is 6.70. The maximum absolute atomic E-state index is 12.3. The van der Waals surface area contributed by atoms with Crippen molar-refractivity contribution < 1.29 is 14.3 Å². The number of amides is 1. The summed E-state index contributed by atoms with van der Waals surface area (Å²) in [5.74, 6) is -0.00192. The van der Waals surface area contributed by atoms with Crippen molar-refractivity contribution in [3.8, 4) is 5.69 Å². The van der Waals surface area contributed by atoms with Crippen LogP contribution >= 0.6 is 11.3 Å². The molecule has 1 aliphatic carbocycles. The molecule has 0 spiro atoms. The van der Waals surface area contributed by atoms with Crippen molar-refractivity contribution >= 4 is 35.1 Å². The van der Waals surface area contributed by atoms with Crippen LogP contribution in [0.5, 0.6) is 0 Å². The van der Waals surface area contributed by atoms with Crippen LogP contribution in [0.1, 0.15) is 29.5 Å². The van der Waals surface area contributed by atoms with Gasteiger partial charge < -0.3 is 10.1 Å². The summed E-state index contributed by atoms with van der Waals surface area (Å²) in [5, 5.41) is 9.92. The standard InChI is InChI=1S/C20H18N4O3S/c25-18(13-27-20(26)9-8-19-21-10-11-28-19)22-17-12-16(14-6-7-14)23-24(17)15-4-2-1-3-5-15/h1-5,8-12,14H,6-7,13H2,(H,22,25). The van der Waals surface area contributed by atoms with Crippen LogP contribution in [0, 0.1) is 0 Å². The number of rotatable bonds is 7. The van der Waals surface area contributed by atoms with Crippen LogP contribution in [0.15, 0.2) is 54.1 Å². The smallest absolute Gasteiger partial charge is 0.331 e. The predicted octanol–water partition coefficient (Wildman–Crippen LogP) is 3.40. The number of nitrogens with one attached hydrogen (secondary N) is 1. The molecule has 0 atom stereocenters. The molecule has 4 rings (SSSR count). The van der Waals surface area contributed by atoms with E-state index in [2.05, 4.69) is 15.4 Å². The molecule has 8 heteroatoms. The molecule has 0 saturated heterocycles. The zero-order chi connectivity index (χ0) is 19.3. The molecule has 0 aliphatic heterocycles. The first kappa shape index (κ1) is 18.1. The lowest BCUT2D eigenvalue weighted by atomic mass is 10.3. The van der Waals surface area contributed by atoms with Gasteiger partial charge in [0.2, 0.25) is 0 Å². The van der Waals surface area contributed by atoms with Crippen molar-refractivity contribution in [3.63, 3.8) is 0 Å². The molecule has 1 N–H and O–H groups in total. The Hall–Kier alpha value is -3.26. The fourth-order valence-corrected chi connectivity index (χ4v) is 3.18. The molecule has 1 aliphatic rings. The maximum atomic E-state index is 12.3. The first-order valence-corrected chi connectivity index (χ1v) is 9.76. The quantitative estimate of drug-likeness (QED) is 0.490. The second-order valence-corrected chi connectivity index (χ2v) is 7.26. The molecule has 0 radical (unpaired) electrons. The molecular formula is C20H18N4O3S. The van der Waals surface area contributed by atoms with E-state index in [0.717, 1.165) is 24.2 Å². The van der Waals surface area contributed by atoms with Gasteiger partial charge in [0, 0.05) is 29.6 Å². The van der Waals surface area contributed by atoms with Crippen LogP contribution in [0.3, 0.4) is 0 Å². The number of para-hydroxylation sites is 1. The van der Waals surface area contributed by atoms with Gasteiger partial charge in [-0.3, -0.25) is 4.79 Å². The van der Waals surface area contributed by atoms with Gasteiger partial charge in [-0.05, 0) is 31.1 Å². The summed E-state index contributed by atoms with van der Waals surface area (Å²) in [5.41, 5.74) is 1.82. The third-order valence-corrected chi connectivity index (χ3v) is 4.89. The van der Waals surface area contributed by atoms with Crippen molar-refractivity contribution in [1.82, 2.24) is 14.8 Å². The van der Waals surface area contributed by atoms with Gasteiger partial charge in [0.15, 0.2) is 6.61 Å². The third kappa shape index (κ3) is 4.52. The number of benzene rings is 1.